The number of carbonyl (C=O) groups is 2. The van der Waals surface area contributed by atoms with Gasteiger partial charge in [0.1, 0.15) is 0 Å². The first kappa shape index (κ1) is 21.9. The zero-order valence-electron chi connectivity index (χ0n) is 18.6. The molecule has 0 radical (unpaired) electrons. The second kappa shape index (κ2) is 8.50. The van der Waals surface area contributed by atoms with Crippen LogP contribution in [0.4, 0.5) is 0 Å². The predicted molar refractivity (Wildman–Crippen MR) is 117 cm³/mol. The molecule has 0 heterocycles. The van der Waals surface area contributed by atoms with Crippen molar-refractivity contribution in [2.45, 2.75) is 52.6 Å². The van der Waals surface area contributed by atoms with Crippen LogP contribution < -0.4 is 14.2 Å². The first-order valence-electron chi connectivity index (χ1n) is 10.3. The molecule has 0 saturated carbocycles. The Morgan fingerprint density at radius 3 is 2.33 bits per heavy atom. The molecule has 2 aromatic rings. The summed E-state index contributed by atoms with van der Waals surface area (Å²) in [7, 11) is 3.12. The van der Waals surface area contributed by atoms with Gasteiger partial charge in [-0.1, -0.05) is 32.0 Å². The molecular formula is C25H30O5. The number of benzene rings is 2. The standard InChI is InChI=1S/C25H30O5/c1-15(2)13-22(27)25(3,4)30-23-19(10-12-21(28-5)24(23)29-6)17-7-9-18-16(14-17)8-11-20(18)26/h7,9-10,12,14-15H,8,11,13H2,1-6H3. The molecule has 5 nitrogen and oxygen atoms in total. The molecule has 0 aromatic heterocycles. The van der Waals surface area contributed by atoms with Gasteiger partial charge in [-0.25, -0.2) is 0 Å². The van der Waals surface area contributed by atoms with Crippen molar-refractivity contribution >= 4 is 11.6 Å². The van der Waals surface area contributed by atoms with Gasteiger partial charge in [0.2, 0.25) is 5.75 Å². The highest BCUT2D eigenvalue weighted by Crippen LogP contribution is 2.46. The lowest BCUT2D eigenvalue weighted by Crippen LogP contribution is -2.39. The van der Waals surface area contributed by atoms with Crippen LogP contribution >= 0.6 is 0 Å². The van der Waals surface area contributed by atoms with Crippen molar-refractivity contribution in [1.29, 1.82) is 0 Å². The molecule has 30 heavy (non-hydrogen) atoms. The van der Waals surface area contributed by atoms with Gasteiger partial charge in [0.05, 0.1) is 14.2 Å². The molecule has 0 amide bonds. The first-order chi connectivity index (χ1) is 14.2. The van der Waals surface area contributed by atoms with E-state index in [2.05, 4.69) is 0 Å². The van der Waals surface area contributed by atoms with Crippen LogP contribution in [0.2, 0.25) is 0 Å². The lowest BCUT2D eigenvalue weighted by atomic mass is 9.94. The van der Waals surface area contributed by atoms with E-state index in [1.165, 1.54) is 0 Å². The summed E-state index contributed by atoms with van der Waals surface area (Å²) < 4.78 is 17.4. The number of hydrogen-bond acceptors (Lipinski definition) is 5. The molecule has 5 heteroatoms. The summed E-state index contributed by atoms with van der Waals surface area (Å²) in [5.74, 6) is 1.87. The molecule has 2 aromatic carbocycles. The Morgan fingerprint density at radius 1 is 1.00 bits per heavy atom. The Labute approximate surface area is 178 Å². The molecule has 1 aliphatic carbocycles. The van der Waals surface area contributed by atoms with Gasteiger partial charge in [0, 0.05) is 24.0 Å². The van der Waals surface area contributed by atoms with E-state index in [1.54, 1.807) is 28.1 Å². The summed E-state index contributed by atoms with van der Waals surface area (Å²) in [6.45, 7) is 7.58. The zero-order chi connectivity index (χ0) is 22.1. The van der Waals surface area contributed by atoms with Gasteiger partial charge in [0.25, 0.3) is 0 Å². The minimum atomic E-state index is -1.04. The number of rotatable bonds is 8. The lowest BCUT2D eigenvalue weighted by Gasteiger charge is -2.29. The molecule has 3 rings (SSSR count). The summed E-state index contributed by atoms with van der Waals surface area (Å²) in [6.07, 6.45) is 1.71. The van der Waals surface area contributed by atoms with Gasteiger partial charge in [-0.3, -0.25) is 9.59 Å². The smallest absolute Gasteiger partial charge is 0.203 e. The van der Waals surface area contributed by atoms with E-state index in [9.17, 15) is 9.59 Å². The quantitative estimate of drug-likeness (QED) is 0.593. The fraction of sp³-hybridized carbons (Fsp3) is 0.440. The molecule has 0 spiro atoms. The van der Waals surface area contributed by atoms with Crippen LogP contribution in [0.1, 0.15) is 56.5 Å². The maximum Gasteiger partial charge on any atom is 0.203 e. The average Bonchev–Trinajstić information content (AvgIpc) is 3.07. The number of carbonyl (C=O) groups excluding carboxylic acids is 2. The molecule has 0 unspecified atom stereocenters. The van der Waals surface area contributed by atoms with E-state index in [0.29, 0.717) is 30.1 Å². The number of fused-ring (bicyclic) bond motifs is 1. The Kier molecular flexibility index (Phi) is 6.20. The van der Waals surface area contributed by atoms with E-state index in [-0.39, 0.29) is 17.5 Å². The normalized spacial score (nSPS) is 13.4. The topological polar surface area (TPSA) is 61.8 Å². The Hall–Kier alpha value is -2.82. The van der Waals surface area contributed by atoms with Crippen molar-refractivity contribution in [3.8, 4) is 28.4 Å². The zero-order valence-corrected chi connectivity index (χ0v) is 18.6. The fourth-order valence-corrected chi connectivity index (χ4v) is 3.78. The van der Waals surface area contributed by atoms with Crippen LogP contribution in [-0.2, 0) is 11.2 Å². The third-order valence-corrected chi connectivity index (χ3v) is 5.46. The second-order valence-corrected chi connectivity index (χ2v) is 8.61. The van der Waals surface area contributed by atoms with Crippen LogP contribution in [-0.4, -0.2) is 31.4 Å². The SMILES string of the molecule is COc1ccc(-c2ccc3c(c2)CCC3=O)c(OC(C)(C)C(=O)CC(C)C)c1OC. The van der Waals surface area contributed by atoms with Crippen molar-refractivity contribution in [1.82, 2.24) is 0 Å². The molecule has 0 N–H and O–H groups in total. The number of Topliss-reactive ketones (excluding diaryl/α,β-unsaturated/α-hetero) is 2. The van der Waals surface area contributed by atoms with Crippen LogP contribution in [0.5, 0.6) is 17.2 Å². The van der Waals surface area contributed by atoms with Crippen molar-refractivity contribution in [3.05, 3.63) is 41.5 Å². The van der Waals surface area contributed by atoms with Crippen molar-refractivity contribution in [3.63, 3.8) is 0 Å². The second-order valence-electron chi connectivity index (χ2n) is 8.61. The highest BCUT2D eigenvalue weighted by molar-refractivity contribution is 6.01. The third kappa shape index (κ3) is 4.20. The molecule has 1 aliphatic rings. The Bertz CT molecular complexity index is 972. The van der Waals surface area contributed by atoms with Gasteiger partial charge >= 0.3 is 0 Å². The first-order valence-corrected chi connectivity index (χ1v) is 10.3. The van der Waals surface area contributed by atoms with Gasteiger partial charge in [0.15, 0.2) is 28.7 Å². The summed E-state index contributed by atoms with van der Waals surface area (Å²) in [4.78, 5) is 24.9. The maximum absolute atomic E-state index is 12.8. The van der Waals surface area contributed by atoms with Crippen LogP contribution in [0.3, 0.4) is 0 Å². The molecular weight excluding hydrogens is 380 g/mol. The van der Waals surface area contributed by atoms with E-state index in [0.717, 1.165) is 28.7 Å². The van der Waals surface area contributed by atoms with Crippen LogP contribution in [0.15, 0.2) is 30.3 Å². The third-order valence-electron chi connectivity index (χ3n) is 5.46. The molecule has 0 saturated heterocycles. The number of ether oxygens (including phenoxy) is 3. The largest absolute Gasteiger partial charge is 0.493 e. The summed E-state index contributed by atoms with van der Waals surface area (Å²) in [6, 6.07) is 9.53. The Balaban J connectivity index is 2.11. The van der Waals surface area contributed by atoms with E-state index < -0.39 is 5.60 Å². The molecule has 0 atom stereocenters. The van der Waals surface area contributed by atoms with Gasteiger partial charge < -0.3 is 14.2 Å². The molecule has 0 fully saturated rings. The highest BCUT2D eigenvalue weighted by Gasteiger charge is 2.33. The van der Waals surface area contributed by atoms with Crippen LogP contribution in [0, 0.1) is 5.92 Å². The minimum absolute atomic E-state index is 0.0212. The van der Waals surface area contributed by atoms with E-state index in [4.69, 9.17) is 14.2 Å². The van der Waals surface area contributed by atoms with Crippen molar-refractivity contribution < 1.29 is 23.8 Å². The van der Waals surface area contributed by atoms with Crippen molar-refractivity contribution in [2.24, 2.45) is 5.92 Å². The summed E-state index contributed by atoms with van der Waals surface area (Å²) in [5, 5.41) is 0. The number of hydrogen-bond donors (Lipinski definition) is 0. The van der Waals surface area contributed by atoms with E-state index >= 15 is 0 Å². The molecule has 0 aliphatic heterocycles. The number of methoxy groups -OCH3 is 2. The summed E-state index contributed by atoms with van der Waals surface area (Å²) in [5.41, 5.74) is 2.49. The Morgan fingerprint density at radius 2 is 1.70 bits per heavy atom. The summed E-state index contributed by atoms with van der Waals surface area (Å²) >= 11 is 0. The predicted octanol–water partition coefficient (Wildman–Crippen LogP) is 5.27. The fourth-order valence-electron chi connectivity index (χ4n) is 3.78. The van der Waals surface area contributed by atoms with Crippen molar-refractivity contribution in [2.75, 3.05) is 14.2 Å². The maximum atomic E-state index is 12.8. The minimum Gasteiger partial charge on any atom is -0.493 e. The van der Waals surface area contributed by atoms with Crippen LogP contribution in [0.25, 0.3) is 11.1 Å². The van der Waals surface area contributed by atoms with Gasteiger partial charge in [-0.05, 0) is 49.4 Å². The lowest BCUT2D eigenvalue weighted by molar-refractivity contribution is -0.132. The van der Waals surface area contributed by atoms with Gasteiger partial charge in [-0.15, -0.1) is 0 Å². The monoisotopic (exact) mass is 410 g/mol. The van der Waals surface area contributed by atoms with E-state index in [1.807, 2.05) is 44.2 Å². The van der Waals surface area contributed by atoms with Gasteiger partial charge in [-0.2, -0.15) is 0 Å². The number of aryl methyl sites for hydroxylation is 1. The number of ketones is 2. The average molecular weight is 411 g/mol. The molecule has 0 bridgehead atoms. The molecule has 160 valence electrons. The highest BCUT2D eigenvalue weighted by atomic mass is 16.5.